The predicted molar refractivity (Wildman–Crippen MR) is 313 cm³/mol. The number of likely N-dealkylation sites (N-methyl/N-ethyl adjacent to an activating group) is 1. The van der Waals surface area contributed by atoms with Crippen LogP contribution in [0.3, 0.4) is 0 Å². The summed E-state index contributed by atoms with van der Waals surface area (Å²) in [6.07, 6.45) is 7.42. The summed E-state index contributed by atoms with van der Waals surface area (Å²) < 4.78 is 0. The third kappa shape index (κ3) is 24.3. The highest BCUT2D eigenvalue weighted by Gasteiger charge is 2.44. The van der Waals surface area contributed by atoms with Crippen LogP contribution in [0.5, 0.6) is 0 Å². The number of nitrogens with zero attached hydrogens (tertiary/aromatic N) is 2. The van der Waals surface area contributed by atoms with Gasteiger partial charge in [0.05, 0.1) is 12.7 Å². The molecule has 1 saturated heterocycles. The van der Waals surface area contributed by atoms with Gasteiger partial charge >= 0.3 is 0 Å². The fourth-order valence-corrected chi connectivity index (χ4v) is 9.57. The third-order valence-electron chi connectivity index (χ3n) is 15.4. The van der Waals surface area contributed by atoms with E-state index in [2.05, 4.69) is 49.5 Å². The van der Waals surface area contributed by atoms with E-state index in [1.807, 2.05) is 18.7 Å². The first kappa shape index (κ1) is 73.8. The van der Waals surface area contributed by atoms with E-state index in [1.165, 1.54) is 61.8 Å². The quantitative estimate of drug-likeness (QED) is 0.0400. The van der Waals surface area contributed by atoms with Crippen molar-refractivity contribution in [1.29, 1.82) is 0 Å². The van der Waals surface area contributed by atoms with Crippen molar-refractivity contribution in [2.24, 2.45) is 23.7 Å². The molecule has 0 aromatic carbocycles. The number of rotatable bonds is 37. The van der Waals surface area contributed by atoms with Gasteiger partial charge in [-0.05, 0) is 113 Å². The number of nitrogens with one attached hydrogen (secondary N) is 8. The molecule has 1 heterocycles. The summed E-state index contributed by atoms with van der Waals surface area (Å²) in [7, 11) is 1.80. The fourth-order valence-electron chi connectivity index (χ4n) is 9.57. The van der Waals surface area contributed by atoms with Crippen LogP contribution in [0.25, 0.3) is 0 Å². The number of amides is 9. The van der Waals surface area contributed by atoms with Crippen LogP contribution in [0.4, 0.5) is 0 Å². The Labute approximate surface area is 484 Å². The summed E-state index contributed by atoms with van der Waals surface area (Å²) in [6, 6.07) is -4.89. The van der Waals surface area contributed by atoms with Gasteiger partial charge in [0.2, 0.25) is 53.2 Å². The molecule has 466 valence electrons. The zero-order valence-corrected chi connectivity index (χ0v) is 52.7. The molecule has 0 radical (unpaired) electrons. The molecule has 0 aliphatic carbocycles. The number of carbonyl (C=O) groups excluding carboxylic acids is 10. The second-order valence-corrected chi connectivity index (χ2v) is 25.4. The van der Waals surface area contributed by atoms with Gasteiger partial charge in [0.1, 0.15) is 52.1 Å². The van der Waals surface area contributed by atoms with Gasteiger partial charge in [-0.2, -0.15) is 0 Å². The molecule has 0 bridgehead atoms. The minimum Gasteiger partial charge on any atom is -0.395 e. The predicted octanol–water partition coefficient (Wildman–Crippen LogP) is 3.28. The molecule has 22 nitrogen and oxygen atoms in total. The molecule has 0 aromatic rings. The van der Waals surface area contributed by atoms with Crippen molar-refractivity contribution in [3.8, 4) is 0 Å². The SMILES string of the molecule is CCCCCCCC[C@@H](C)C(=O)N1CCC[C@H]1C(=O)N[C@H](C(=O)NC(C)(C)C(=O)NC(C)(C)C(=O)N[C@H](C(=O)N[C@H](C(=O)NC(C)(C)C(=O)NC(C)(C)C(=O)N[C@@H](C)CN(C)CCO)C(C)C)[C@@H](C)CC)[C@H](C)C[C@H](O)CC(=O)CC. The van der Waals surface area contributed by atoms with E-state index in [0.717, 1.165) is 32.1 Å². The second-order valence-electron chi connectivity index (χ2n) is 25.4. The van der Waals surface area contributed by atoms with Gasteiger partial charge in [-0.25, -0.2) is 0 Å². The zero-order valence-electron chi connectivity index (χ0n) is 52.7. The number of Topliss-reactive ketones (excluding diaryl/α,β-unsaturated/α-hetero) is 1. The second kappa shape index (κ2) is 33.8. The molecule has 10 N–H and O–H groups in total. The van der Waals surface area contributed by atoms with Crippen LogP contribution in [0.1, 0.15) is 201 Å². The maximum atomic E-state index is 14.4. The largest absolute Gasteiger partial charge is 0.395 e. The maximum Gasteiger partial charge on any atom is 0.246 e. The fraction of sp³-hybridized carbons (Fsp3) is 0.831. The molecule has 9 amide bonds. The van der Waals surface area contributed by atoms with Gasteiger partial charge in [0.15, 0.2) is 0 Å². The highest BCUT2D eigenvalue weighted by molar-refractivity contribution is 6.01. The summed E-state index contributed by atoms with van der Waals surface area (Å²) in [5.41, 5.74) is -6.42. The molecule has 0 aromatic heterocycles. The number of likely N-dealkylation sites (tertiary alicyclic amines) is 1. The number of carbonyl (C=O) groups is 10. The van der Waals surface area contributed by atoms with Crippen LogP contribution in [-0.2, 0) is 47.9 Å². The Morgan fingerprint density at radius 2 is 1.10 bits per heavy atom. The van der Waals surface area contributed by atoms with Gasteiger partial charge in [-0.15, -0.1) is 0 Å². The van der Waals surface area contributed by atoms with E-state index in [1.54, 1.807) is 53.5 Å². The van der Waals surface area contributed by atoms with Crippen LogP contribution < -0.4 is 42.5 Å². The van der Waals surface area contributed by atoms with Crippen molar-refractivity contribution in [2.45, 2.75) is 260 Å². The Balaban J connectivity index is 3.29. The first-order valence-corrected chi connectivity index (χ1v) is 29.7. The molecule has 22 heteroatoms. The Morgan fingerprint density at radius 1 is 0.605 bits per heavy atom. The van der Waals surface area contributed by atoms with Crippen molar-refractivity contribution in [3.05, 3.63) is 0 Å². The van der Waals surface area contributed by atoms with Crippen LogP contribution in [0, 0.1) is 23.7 Å². The molecule has 81 heavy (non-hydrogen) atoms. The summed E-state index contributed by atoms with van der Waals surface area (Å²) in [5, 5.41) is 42.1. The average molecular weight is 1150 g/mol. The van der Waals surface area contributed by atoms with Gasteiger partial charge in [-0.1, -0.05) is 100 Å². The van der Waals surface area contributed by atoms with E-state index < -0.39 is 117 Å². The van der Waals surface area contributed by atoms with E-state index in [0.29, 0.717) is 45.3 Å². The maximum absolute atomic E-state index is 14.4. The first-order valence-electron chi connectivity index (χ1n) is 29.7. The normalized spacial score (nSPS) is 17.1. The van der Waals surface area contributed by atoms with Gasteiger partial charge < -0.3 is 62.5 Å². The van der Waals surface area contributed by atoms with Crippen molar-refractivity contribution in [1.82, 2.24) is 52.3 Å². The standard InChI is InChI=1S/C59H108N10O12/c1-19-22-23-24-25-26-28-38(7)51(77)69-30-27-29-43(69)47(73)62-46(39(8)33-42(72)34-41(71)21-3)50(76)65-59(16,17)55(81)67-57(12,13)53(79)63-45(37(6)20-2)48(74)61-44(36(4)5)49(75)64-58(14,15)54(80)66-56(10,11)52(78)60-40(9)35-68(18)31-32-70/h36-40,42-46,70,72H,19-35H2,1-18H3,(H,60,78)(H,61,74)(H,62,73)(H,63,79)(H,64,75)(H,65,76)(H,66,80)(H,67,81)/t37-,38+,39+,40-,42-,43-,44-,45-,46-/m0/s1. The van der Waals surface area contributed by atoms with Crippen molar-refractivity contribution >= 4 is 58.9 Å². The van der Waals surface area contributed by atoms with E-state index in [9.17, 15) is 58.2 Å². The molecule has 1 rings (SSSR count). The minimum atomic E-state index is -1.73. The molecule has 0 saturated carbocycles. The molecule has 0 unspecified atom stereocenters. The lowest BCUT2D eigenvalue weighted by Crippen LogP contribution is -2.67. The lowest BCUT2D eigenvalue weighted by Gasteiger charge is -2.36. The molecule has 9 atom stereocenters. The van der Waals surface area contributed by atoms with Crippen molar-refractivity contribution < 1.29 is 58.2 Å². The highest BCUT2D eigenvalue weighted by Crippen LogP contribution is 2.25. The molecule has 0 spiro atoms. The number of hydrogen-bond donors (Lipinski definition) is 10. The number of unbranched alkanes of at least 4 members (excludes halogenated alkanes) is 5. The number of hydrogen-bond acceptors (Lipinski definition) is 13. The minimum absolute atomic E-state index is 0.0419. The Morgan fingerprint density at radius 3 is 1.60 bits per heavy atom. The van der Waals surface area contributed by atoms with Crippen LogP contribution in [-0.4, -0.2) is 171 Å². The first-order chi connectivity index (χ1) is 37.4. The zero-order chi connectivity index (χ0) is 62.4. The van der Waals surface area contributed by atoms with Crippen molar-refractivity contribution in [3.63, 3.8) is 0 Å². The lowest BCUT2D eigenvalue weighted by molar-refractivity contribution is -0.143. The molecule has 1 aliphatic rings. The summed E-state index contributed by atoms with van der Waals surface area (Å²) in [5.74, 6) is -7.84. The Kier molecular flexibility index (Phi) is 30.8. The summed E-state index contributed by atoms with van der Waals surface area (Å²) in [4.78, 5) is 141. The van der Waals surface area contributed by atoms with Crippen molar-refractivity contribution in [2.75, 3.05) is 33.3 Å². The Bertz CT molecular complexity index is 2110. The molecule has 1 aliphatic heterocycles. The van der Waals surface area contributed by atoms with Crippen LogP contribution >= 0.6 is 0 Å². The summed E-state index contributed by atoms with van der Waals surface area (Å²) in [6.45, 7) is 28.9. The number of aliphatic hydroxyl groups is 2. The third-order valence-corrected chi connectivity index (χ3v) is 15.4. The van der Waals surface area contributed by atoms with E-state index in [-0.39, 0.29) is 49.5 Å². The lowest BCUT2D eigenvalue weighted by atomic mass is 9.90. The Hall–Kier alpha value is -5.22. The monoisotopic (exact) mass is 1150 g/mol. The molecular formula is C59H108N10O12. The molecule has 1 fully saturated rings. The highest BCUT2D eigenvalue weighted by atomic mass is 16.3. The van der Waals surface area contributed by atoms with E-state index >= 15 is 0 Å². The van der Waals surface area contributed by atoms with Crippen LogP contribution in [0.2, 0.25) is 0 Å². The van der Waals surface area contributed by atoms with Gasteiger partial charge in [0, 0.05) is 44.4 Å². The number of aliphatic hydroxyl groups excluding tert-OH is 2. The van der Waals surface area contributed by atoms with Crippen LogP contribution in [0.15, 0.2) is 0 Å². The average Bonchev–Trinajstić information content (AvgIpc) is 3.86. The smallest absolute Gasteiger partial charge is 0.246 e. The molecular weight excluding hydrogens is 1040 g/mol. The topological polar surface area (TPSA) is 314 Å². The summed E-state index contributed by atoms with van der Waals surface area (Å²) >= 11 is 0. The van der Waals surface area contributed by atoms with E-state index in [4.69, 9.17) is 0 Å². The number of ketones is 1. The van der Waals surface area contributed by atoms with Gasteiger partial charge in [0.25, 0.3) is 0 Å². The van der Waals surface area contributed by atoms with Gasteiger partial charge in [-0.3, -0.25) is 47.9 Å².